The highest BCUT2D eigenvalue weighted by molar-refractivity contribution is 7.98. The van der Waals surface area contributed by atoms with Crippen molar-refractivity contribution in [1.82, 2.24) is 20.8 Å². The molecule has 2 aromatic carbocycles. The van der Waals surface area contributed by atoms with Crippen molar-refractivity contribution in [2.45, 2.75) is 44.5 Å². The summed E-state index contributed by atoms with van der Waals surface area (Å²) in [5.74, 6) is 0.838. The summed E-state index contributed by atoms with van der Waals surface area (Å²) in [6.45, 7) is 6.54. The standard InChI is InChI=1S/C26H30N4O4S/c1-5-6-13-34-22-12-11-21(15-23(22)33-4)25(32)30-29-24(31)20-9-7-19(8-10-20)16-35-26-27-17(2)14-18(3)28-26/h7-12,14-15H,5-6,13,16H2,1-4H3,(H,29,31)(H,30,32). The summed E-state index contributed by atoms with van der Waals surface area (Å²) < 4.78 is 11.0. The average Bonchev–Trinajstić information content (AvgIpc) is 2.86. The van der Waals surface area contributed by atoms with Crippen LogP contribution in [-0.4, -0.2) is 35.5 Å². The summed E-state index contributed by atoms with van der Waals surface area (Å²) in [5, 5.41) is 0.726. The second kappa shape index (κ2) is 12.8. The molecule has 3 rings (SSSR count). The first-order valence-electron chi connectivity index (χ1n) is 11.3. The van der Waals surface area contributed by atoms with E-state index in [1.54, 1.807) is 30.3 Å². The summed E-state index contributed by atoms with van der Waals surface area (Å²) in [7, 11) is 1.52. The van der Waals surface area contributed by atoms with E-state index in [9.17, 15) is 9.59 Å². The Morgan fingerprint density at radius 3 is 2.14 bits per heavy atom. The third-order valence-electron chi connectivity index (χ3n) is 5.02. The Morgan fingerprint density at radius 2 is 1.51 bits per heavy atom. The first kappa shape index (κ1) is 26.0. The van der Waals surface area contributed by atoms with Gasteiger partial charge in [-0.2, -0.15) is 0 Å². The van der Waals surface area contributed by atoms with E-state index in [1.165, 1.54) is 18.9 Å². The van der Waals surface area contributed by atoms with Crippen LogP contribution in [0.1, 0.15) is 57.4 Å². The van der Waals surface area contributed by atoms with Crippen molar-refractivity contribution in [1.29, 1.82) is 0 Å². The van der Waals surface area contributed by atoms with Gasteiger partial charge < -0.3 is 9.47 Å². The number of amides is 2. The fraction of sp³-hybridized carbons (Fsp3) is 0.308. The zero-order valence-corrected chi connectivity index (χ0v) is 21.2. The third kappa shape index (κ3) is 7.71. The van der Waals surface area contributed by atoms with Gasteiger partial charge in [0.1, 0.15) is 0 Å². The van der Waals surface area contributed by atoms with Gasteiger partial charge in [0.05, 0.1) is 13.7 Å². The van der Waals surface area contributed by atoms with E-state index in [0.29, 0.717) is 35.0 Å². The highest BCUT2D eigenvalue weighted by Gasteiger charge is 2.13. The van der Waals surface area contributed by atoms with E-state index in [2.05, 4.69) is 27.7 Å². The summed E-state index contributed by atoms with van der Waals surface area (Å²) in [6.07, 6.45) is 1.95. The lowest BCUT2D eigenvalue weighted by molar-refractivity contribution is 0.0846. The number of ether oxygens (including phenoxy) is 2. The predicted molar refractivity (Wildman–Crippen MR) is 136 cm³/mol. The molecule has 0 spiro atoms. The number of methoxy groups -OCH3 is 1. The van der Waals surface area contributed by atoms with Gasteiger partial charge in [0.2, 0.25) is 0 Å². The molecule has 35 heavy (non-hydrogen) atoms. The van der Waals surface area contributed by atoms with Gasteiger partial charge in [0.15, 0.2) is 16.7 Å². The summed E-state index contributed by atoms with van der Waals surface area (Å²) in [4.78, 5) is 33.8. The van der Waals surface area contributed by atoms with E-state index in [0.717, 1.165) is 34.9 Å². The number of thioether (sulfide) groups is 1. The highest BCUT2D eigenvalue weighted by Crippen LogP contribution is 2.28. The fourth-order valence-electron chi connectivity index (χ4n) is 3.17. The highest BCUT2D eigenvalue weighted by atomic mass is 32.2. The van der Waals surface area contributed by atoms with Crippen LogP contribution in [0.3, 0.4) is 0 Å². The number of aromatic nitrogens is 2. The number of nitrogens with one attached hydrogen (secondary N) is 2. The topological polar surface area (TPSA) is 102 Å². The molecule has 0 aliphatic carbocycles. The molecule has 0 radical (unpaired) electrons. The van der Waals surface area contributed by atoms with Crippen LogP contribution in [-0.2, 0) is 5.75 Å². The Balaban J connectivity index is 1.52. The van der Waals surface area contributed by atoms with E-state index in [1.807, 2.05) is 32.0 Å². The molecule has 1 aromatic heterocycles. The quantitative estimate of drug-likeness (QED) is 0.183. The first-order chi connectivity index (χ1) is 16.9. The van der Waals surface area contributed by atoms with Crippen molar-refractivity contribution >= 4 is 23.6 Å². The minimum atomic E-state index is -0.460. The molecule has 0 fully saturated rings. The second-order valence-electron chi connectivity index (χ2n) is 7.89. The van der Waals surface area contributed by atoms with E-state index in [4.69, 9.17) is 9.47 Å². The van der Waals surface area contributed by atoms with Crippen molar-refractivity contribution in [3.8, 4) is 11.5 Å². The van der Waals surface area contributed by atoms with Crippen LogP contribution in [0, 0.1) is 13.8 Å². The van der Waals surface area contributed by atoms with Crippen molar-refractivity contribution in [3.05, 3.63) is 76.6 Å². The molecule has 0 atom stereocenters. The Bertz CT molecular complexity index is 1150. The zero-order valence-electron chi connectivity index (χ0n) is 20.4. The largest absolute Gasteiger partial charge is 0.493 e. The van der Waals surface area contributed by atoms with Gasteiger partial charge in [-0.3, -0.25) is 20.4 Å². The van der Waals surface area contributed by atoms with E-state index >= 15 is 0 Å². The molecule has 0 bridgehead atoms. The van der Waals surface area contributed by atoms with Gasteiger partial charge in [0.25, 0.3) is 11.8 Å². The molecule has 184 valence electrons. The number of hydrogen-bond acceptors (Lipinski definition) is 7. The molecule has 1 heterocycles. The van der Waals surface area contributed by atoms with Gasteiger partial charge >= 0.3 is 0 Å². The van der Waals surface area contributed by atoms with Crippen molar-refractivity contribution in [2.24, 2.45) is 0 Å². The number of nitrogens with zero attached hydrogens (tertiary/aromatic N) is 2. The molecular weight excluding hydrogens is 464 g/mol. The molecule has 2 N–H and O–H groups in total. The predicted octanol–water partition coefficient (Wildman–Crippen LogP) is 4.65. The maximum absolute atomic E-state index is 12.5. The Hall–Kier alpha value is -3.59. The number of unbranched alkanes of at least 4 members (excludes halogenated alkanes) is 1. The zero-order chi connectivity index (χ0) is 25.2. The first-order valence-corrected chi connectivity index (χ1v) is 12.3. The molecule has 0 unspecified atom stereocenters. The molecule has 0 saturated heterocycles. The number of benzene rings is 2. The minimum Gasteiger partial charge on any atom is -0.493 e. The number of aryl methyl sites for hydroxylation is 2. The summed E-state index contributed by atoms with van der Waals surface area (Å²) >= 11 is 1.54. The maximum Gasteiger partial charge on any atom is 0.269 e. The number of hydrazine groups is 1. The SMILES string of the molecule is CCCCOc1ccc(C(=O)NNC(=O)c2ccc(CSc3nc(C)cc(C)n3)cc2)cc1OC. The Kier molecular flexibility index (Phi) is 9.48. The second-order valence-corrected chi connectivity index (χ2v) is 8.84. The lowest BCUT2D eigenvalue weighted by atomic mass is 10.1. The monoisotopic (exact) mass is 494 g/mol. The molecule has 9 heteroatoms. The number of carbonyl (C=O) groups is 2. The van der Waals surface area contributed by atoms with Gasteiger partial charge in [-0.15, -0.1) is 0 Å². The van der Waals surface area contributed by atoms with E-state index in [-0.39, 0.29) is 0 Å². The Morgan fingerprint density at radius 1 is 0.886 bits per heavy atom. The van der Waals surface area contributed by atoms with Crippen LogP contribution in [0.4, 0.5) is 0 Å². The molecule has 0 aliphatic heterocycles. The molecular formula is C26H30N4O4S. The summed E-state index contributed by atoms with van der Waals surface area (Å²) in [5.41, 5.74) is 8.55. The molecule has 8 nitrogen and oxygen atoms in total. The molecule has 0 aliphatic rings. The fourth-order valence-corrected chi connectivity index (χ4v) is 4.08. The van der Waals surface area contributed by atoms with Crippen LogP contribution < -0.4 is 20.3 Å². The van der Waals surface area contributed by atoms with Crippen LogP contribution in [0.15, 0.2) is 53.7 Å². The molecule has 3 aromatic rings. The van der Waals surface area contributed by atoms with Crippen LogP contribution in [0.5, 0.6) is 11.5 Å². The summed E-state index contributed by atoms with van der Waals surface area (Å²) in [6, 6.07) is 14.0. The van der Waals surface area contributed by atoms with Crippen molar-refractivity contribution in [2.75, 3.05) is 13.7 Å². The average molecular weight is 495 g/mol. The Labute approximate surface area is 209 Å². The lowest BCUT2D eigenvalue weighted by Gasteiger charge is -2.12. The number of hydrogen-bond donors (Lipinski definition) is 2. The van der Waals surface area contributed by atoms with Crippen LogP contribution in [0.2, 0.25) is 0 Å². The van der Waals surface area contributed by atoms with Crippen LogP contribution >= 0.6 is 11.8 Å². The lowest BCUT2D eigenvalue weighted by Crippen LogP contribution is -2.41. The van der Waals surface area contributed by atoms with Gasteiger partial charge in [-0.05, 0) is 62.2 Å². The molecule has 0 saturated carbocycles. The van der Waals surface area contributed by atoms with Crippen molar-refractivity contribution in [3.63, 3.8) is 0 Å². The van der Waals surface area contributed by atoms with Crippen LogP contribution in [0.25, 0.3) is 0 Å². The van der Waals surface area contributed by atoms with Gasteiger partial charge in [0, 0.05) is 28.3 Å². The van der Waals surface area contributed by atoms with Gasteiger partial charge in [-0.25, -0.2) is 9.97 Å². The molecule has 2 amide bonds. The third-order valence-corrected chi connectivity index (χ3v) is 5.94. The van der Waals surface area contributed by atoms with E-state index < -0.39 is 11.8 Å². The van der Waals surface area contributed by atoms with Crippen molar-refractivity contribution < 1.29 is 19.1 Å². The maximum atomic E-state index is 12.5. The van der Waals surface area contributed by atoms with Gasteiger partial charge in [-0.1, -0.05) is 37.2 Å². The normalized spacial score (nSPS) is 10.5. The minimum absolute atomic E-state index is 0.339. The number of carbonyl (C=O) groups excluding carboxylic acids is 2. The smallest absolute Gasteiger partial charge is 0.269 e. The number of rotatable bonds is 10.